The Morgan fingerprint density at radius 1 is 0.944 bits per heavy atom. The molecule has 0 amide bonds. The summed E-state index contributed by atoms with van der Waals surface area (Å²) in [5, 5.41) is 0. The maximum absolute atomic E-state index is 4.94. The summed E-state index contributed by atoms with van der Waals surface area (Å²) in [5.41, 5.74) is 2.40. The van der Waals surface area contributed by atoms with E-state index in [2.05, 4.69) is 33.0 Å². The first kappa shape index (κ1) is 13.2. The Labute approximate surface area is 116 Å². The smallest absolute Gasteiger partial charge is 0.106 e. The van der Waals surface area contributed by atoms with Crippen LogP contribution in [0.4, 0.5) is 0 Å². The number of aromatic nitrogens is 1. The van der Waals surface area contributed by atoms with Crippen LogP contribution in [0.5, 0.6) is 0 Å². The fraction of sp³-hybridized carbons (Fsp3) is 0.267. The van der Waals surface area contributed by atoms with E-state index in [4.69, 9.17) is 4.74 Å². The van der Waals surface area contributed by atoms with E-state index in [0.29, 0.717) is 0 Å². The lowest BCUT2D eigenvalue weighted by Crippen LogP contribution is -1.78. The highest BCUT2D eigenvalue weighted by Crippen LogP contribution is 2.20. The number of hydrogen-bond acceptors (Lipinski definition) is 2. The fourth-order valence-corrected chi connectivity index (χ4v) is 2.09. The first-order chi connectivity index (χ1) is 8.86. The lowest BCUT2D eigenvalue weighted by molar-refractivity contribution is 0.198. The largest absolute Gasteiger partial charge is 0.381 e. The van der Waals surface area contributed by atoms with E-state index in [1.165, 1.54) is 24.0 Å². The number of rotatable bonds is 1. The van der Waals surface area contributed by atoms with Gasteiger partial charge in [-0.25, -0.2) is 4.98 Å². The number of halogens is 1. The third-order valence-electron chi connectivity index (χ3n) is 2.66. The Kier molecular flexibility index (Phi) is 5.36. The zero-order valence-electron chi connectivity index (χ0n) is 10.2. The summed E-state index contributed by atoms with van der Waals surface area (Å²) >= 11 is 3.35. The molecule has 1 aromatic heterocycles. The normalized spacial score (nSPS) is 13.8. The van der Waals surface area contributed by atoms with Crippen molar-refractivity contribution in [1.82, 2.24) is 4.98 Å². The average Bonchev–Trinajstić information content (AvgIpc) is 2.99. The lowest BCUT2D eigenvalue weighted by atomic mass is 10.1. The van der Waals surface area contributed by atoms with E-state index in [1.54, 1.807) is 6.20 Å². The summed E-state index contributed by atoms with van der Waals surface area (Å²) in [4.78, 5) is 4.08. The van der Waals surface area contributed by atoms with E-state index in [-0.39, 0.29) is 0 Å². The molecule has 0 saturated carbocycles. The minimum absolute atomic E-state index is 0.869. The molecular weight excluding hydrogens is 290 g/mol. The Morgan fingerprint density at radius 3 is 2.22 bits per heavy atom. The molecule has 1 saturated heterocycles. The van der Waals surface area contributed by atoms with Crippen LogP contribution >= 0.6 is 15.9 Å². The Balaban J connectivity index is 0.000000202. The van der Waals surface area contributed by atoms with Crippen molar-refractivity contribution in [2.75, 3.05) is 13.2 Å². The molecule has 3 heteroatoms. The van der Waals surface area contributed by atoms with Crippen molar-refractivity contribution in [2.24, 2.45) is 0 Å². The number of ether oxygens (including phenoxy) is 1. The molecule has 0 atom stereocenters. The maximum Gasteiger partial charge on any atom is 0.106 e. The third kappa shape index (κ3) is 4.24. The van der Waals surface area contributed by atoms with Gasteiger partial charge in [-0.15, -0.1) is 0 Å². The molecule has 2 nitrogen and oxygen atoms in total. The lowest BCUT2D eigenvalue weighted by Gasteiger charge is -2.00. The highest BCUT2D eigenvalue weighted by atomic mass is 79.9. The quantitative estimate of drug-likeness (QED) is 0.733. The van der Waals surface area contributed by atoms with Gasteiger partial charge < -0.3 is 4.74 Å². The first-order valence-corrected chi connectivity index (χ1v) is 6.90. The molecule has 1 fully saturated rings. The number of benzene rings is 1. The number of pyridine rings is 1. The summed E-state index contributed by atoms with van der Waals surface area (Å²) in [6, 6.07) is 14.3. The second-order valence-corrected chi connectivity index (χ2v) is 4.87. The van der Waals surface area contributed by atoms with Crippen molar-refractivity contribution in [3.63, 3.8) is 0 Å². The average molecular weight is 306 g/mol. The molecule has 3 rings (SSSR count). The van der Waals surface area contributed by atoms with Crippen molar-refractivity contribution in [2.45, 2.75) is 12.8 Å². The first-order valence-electron chi connectivity index (χ1n) is 6.11. The van der Waals surface area contributed by atoms with Crippen LogP contribution in [0.1, 0.15) is 12.8 Å². The summed E-state index contributed by atoms with van der Waals surface area (Å²) < 4.78 is 5.81. The van der Waals surface area contributed by atoms with Crippen LogP contribution < -0.4 is 0 Å². The monoisotopic (exact) mass is 305 g/mol. The number of hydrogen-bond donors (Lipinski definition) is 0. The second kappa shape index (κ2) is 7.29. The second-order valence-electron chi connectivity index (χ2n) is 4.05. The minimum atomic E-state index is 0.869. The van der Waals surface area contributed by atoms with Crippen LogP contribution in [-0.4, -0.2) is 18.2 Å². The predicted octanol–water partition coefficient (Wildman–Crippen LogP) is 4.31. The molecule has 0 N–H and O–H groups in total. The van der Waals surface area contributed by atoms with Gasteiger partial charge in [-0.05, 0) is 52.0 Å². The van der Waals surface area contributed by atoms with Crippen molar-refractivity contribution in [3.8, 4) is 11.1 Å². The molecular formula is C15H16BrNO. The molecule has 1 aliphatic heterocycles. The highest BCUT2D eigenvalue weighted by molar-refractivity contribution is 9.10. The van der Waals surface area contributed by atoms with Crippen LogP contribution in [-0.2, 0) is 4.74 Å². The Hall–Kier alpha value is -1.19. The van der Waals surface area contributed by atoms with Crippen molar-refractivity contribution in [3.05, 3.63) is 53.3 Å². The molecule has 1 aliphatic rings. The van der Waals surface area contributed by atoms with Gasteiger partial charge in [0.2, 0.25) is 0 Å². The van der Waals surface area contributed by atoms with Gasteiger partial charge in [-0.1, -0.05) is 30.3 Å². The standard InChI is InChI=1S/C11H8BrN.C4H8O/c12-11-8-10(6-7-13-11)9-4-2-1-3-5-9;1-2-4-5-3-1/h1-8H;1-4H2. The van der Waals surface area contributed by atoms with E-state index in [9.17, 15) is 0 Å². The molecule has 0 radical (unpaired) electrons. The van der Waals surface area contributed by atoms with Crippen LogP contribution in [0, 0.1) is 0 Å². The van der Waals surface area contributed by atoms with Crippen LogP contribution in [0.15, 0.2) is 53.3 Å². The molecule has 2 aromatic rings. The van der Waals surface area contributed by atoms with E-state index in [0.717, 1.165) is 17.8 Å². The fourth-order valence-electron chi connectivity index (χ4n) is 1.72. The van der Waals surface area contributed by atoms with Gasteiger partial charge in [0.05, 0.1) is 0 Å². The predicted molar refractivity (Wildman–Crippen MR) is 77.4 cm³/mol. The third-order valence-corrected chi connectivity index (χ3v) is 3.09. The summed E-state index contributed by atoms with van der Waals surface area (Å²) in [6.07, 6.45) is 4.35. The zero-order valence-corrected chi connectivity index (χ0v) is 11.8. The van der Waals surface area contributed by atoms with Crippen LogP contribution in [0.25, 0.3) is 11.1 Å². The van der Waals surface area contributed by atoms with E-state index < -0.39 is 0 Å². The topological polar surface area (TPSA) is 22.1 Å². The maximum atomic E-state index is 4.94. The van der Waals surface area contributed by atoms with Gasteiger partial charge >= 0.3 is 0 Å². The molecule has 0 unspecified atom stereocenters. The molecule has 1 aromatic carbocycles. The van der Waals surface area contributed by atoms with Gasteiger partial charge in [0.15, 0.2) is 0 Å². The zero-order chi connectivity index (χ0) is 12.6. The van der Waals surface area contributed by atoms with Crippen molar-refractivity contribution >= 4 is 15.9 Å². The van der Waals surface area contributed by atoms with E-state index in [1.807, 2.05) is 30.3 Å². The van der Waals surface area contributed by atoms with Crippen LogP contribution in [0.3, 0.4) is 0 Å². The van der Waals surface area contributed by atoms with E-state index >= 15 is 0 Å². The Morgan fingerprint density at radius 2 is 1.67 bits per heavy atom. The van der Waals surface area contributed by atoms with Crippen molar-refractivity contribution < 1.29 is 4.74 Å². The molecule has 94 valence electrons. The SMILES string of the molecule is Brc1cc(-c2ccccc2)ccn1.C1CCOC1. The molecule has 0 spiro atoms. The molecule has 0 aliphatic carbocycles. The van der Waals surface area contributed by atoms with Gasteiger partial charge in [0, 0.05) is 19.4 Å². The molecule has 18 heavy (non-hydrogen) atoms. The molecule has 2 heterocycles. The van der Waals surface area contributed by atoms with Crippen molar-refractivity contribution in [1.29, 1.82) is 0 Å². The summed E-state index contributed by atoms with van der Waals surface area (Å²) in [6.45, 7) is 2.00. The van der Waals surface area contributed by atoms with Crippen LogP contribution in [0.2, 0.25) is 0 Å². The van der Waals surface area contributed by atoms with Gasteiger partial charge in [0.1, 0.15) is 4.60 Å². The number of nitrogens with zero attached hydrogens (tertiary/aromatic N) is 1. The minimum Gasteiger partial charge on any atom is -0.381 e. The highest BCUT2D eigenvalue weighted by Gasteiger charge is 1.96. The summed E-state index contributed by atoms with van der Waals surface area (Å²) in [5.74, 6) is 0. The van der Waals surface area contributed by atoms with Gasteiger partial charge in [-0.2, -0.15) is 0 Å². The Bertz CT molecular complexity index is 461. The molecule has 0 bridgehead atoms. The summed E-state index contributed by atoms with van der Waals surface area (Å²) in [7, 11) is 0. The van der Waals surface area contributed by atoms with Gasteiger partial charge in [-0.3, -0.25) is 0 Å². The van der Waals surface area contributed by atoms with Gasteiger partial charge in [0.25, 0.3) is 0 Å².